The third-order valence-corrected chi connectivity index (χ3v) is 4.99. The van der Waals surface area contributed by atoms with Crippen LogP contribution >= 0.6 is 0 Å². The summed E-state index contributed by atoms with van der Waals surface area (Å²) in [4.78, 5) is 25.2. The number of aliphatic imine (C=N–C) groups is 1. The minimum Gasteiger partial charge on any atom is -0.378 e. The van der Waals surface area contributed by atoms with Crippen molar-refractivity contribution in [1.82, 2.24) is 10.5 Å². The summed E-state index contributed by atoms with van der Waals surface area (Å²) in [6.45, 7) is 11.5. The normalized spacial score (nSPS) is 14.3. The predicted octanol–water partition coefficient (Wildman–Crippen LogP) is 3.39. The molecule has 0 unspecified atom stereocenters. The van der Waals surface area contributed by atoms with Gasteiger partial charge in [0, 0.05) is 30.8 Å². The Balaban J connectivity index is 1.87. The van der Waals surface area contributed by atoms with Crippen molar-refractivity contribution in [1.29, 1.82) is 0 Å². The lowest BCUT2D eigenvalue weighted by molar-refractivity contribution is 0.0706. The number of aromatic nitrogens is 1. The third kappa shape index (κ3) is 5.90. The highest BCUT2D eigenvalue weighted by molar-refractivity contribution is 5.97. The Morgan fingerprint density at radius 2 is 1.97 bits per heavy atom. The van der Waals surface area contributed by atoms with Crippen molar-refractivity contribution in [2.24, 2.45) is 4.99 Å². The number of carbonyl (C=O) groups is 1. The van der Waals surface area contributed by atoms with Crippen molar-refractivity contribution < 1.29 is 14.7 Å². The van der Waals surface area contributed by atoms with Crippen molar-refractivity contribution in [2.45, 2.75) is 26.8 Å². The van der Waals surface area contributed by atoms with Gasteiger partial charge in [-0.1, -0.05) is 25.6 Å². The number of nitrogens with zero attached hydrogens (tertiary/aromatic N) is 4. The molecule has 1 saturated heterocycles. The molecule has 2 N–H and O–H groups in total. The van der Waals surface area contributed by atoms with Gasteiger partial charge < -0.3 is 14.5 Å². The average Bonchev–Trinajstić information content (AvgIpc) is 2.81. The first-order valence-corrected chi connectivity index (χ1v) is 10.3. The maximum Gasteiger partial charge on any atom is 0.274 e. The van der Waals surface area contributed by atoms with E-state index < -0.39 is 5.91 Å². The number of pyridine rings is 1. The molecular formula is C23H29N5O3. The van der Waals surface area contributed by atoms with Crippen molar-refractivity contribution in [2.75, 3.05) is 36.1 Å². The third-order valence-electron chi connectivity index (χ3n) is 4.99. The number of carbonyl (C=O) groups excluding carboxylic acids is 1. The summed E-state index contributed by atoms with van der Waals surface area (Å²) in [6.07, 6.45) is 2.60. The van der Waals surface area contributed by atoms with E-state index in [9.17, 15) is 4.79 Å². The second kappa shape index (κ2) is 10.7. The number of hydrogen-bond acceptors (Lipinski definition) is 6. The van der Waals surface area contributed by atoms with E-state index >= 15 is 0 Å². The lowest BCUT2D eigenvalue weighted by Gasteiger charge is -2.29. The first kappa shape index (κ1) is 22.5. The van der Waals surface area contributed by atoms with Crippen LogP contribution in [0.15, 0.2) is 59.9 Å². The van der Waals surface area contributed by atoms with Crippen LogP contribution in [0.2, 0.25) is 0 Å². The molecule has 31 heavy (non-hydrogen) atoms. The number of hydrogen-bond donors (Lipinski definition) is 2. The van der Waals surface area contributed by atoms with Crippen LogP contribution in [0.4, 0.5) is 11.5 Å². The molecule has 1 fully saturated rings. The average molecular weight is 424 g/mol. The fourth-order valence-electron chi connectivity index (χ4n) is 3.41. The Hall–Kier alpha value is -3.23. The van der Waals surface area contributed by atoms with Crippen LogP contribution in [-0.2, 0) is 11.3 Å². The second-order valence-corrected chi connectivity index (χ2v) is 7.31. The zero-order chi connectivity index (χ0) is 22.2. The minimum atomic E-state index is -0.540. The van der Waals surface area contributed by atoms with Gasteiger partial charge >= 0.3 is 0 Å². The van der Waals surface area contributed by atoms with Gasteiger partial charge in [-0.3, -0.25) is 10.0 Å². The van der Waals surface area contributed by atoms with E-state index in [1.165, 1.54) is 0 Å². The molecule has 1 aliphatic heterocycles. The molecular weight excluding hydrogens is 394 g/mol. The molecule has 164 valence electrons. The molecule has 1 aromatic heterocycles. The van der Waals surface area contributed by atoms with Gasteiger partial charge in [0.05, 0.1) is 31.6 Å². The van der Waals surface area contributed by atoms with Crippen LogP contribution in [0.3, 0.4) is 0 Å². The first-order valence-electron chi connectivity index (χ1n) is 10.3. The number of anilines is 2. The van der Waals surface area contributed by atoms with E-state index in [0.717, 1.165) is 54.9 Å². The Morgan fingerprint density at radius 3 is 2.52 bits per heavy atom. The summed E-state index contributed by atoms with van der Waals surface area (Å²) in [5.41, 5.74) is 4.81. The van der Waals surface area contributed by atoms with E-state index in [1.807, 2.05) is 38.2 Å². The molecule has 0 bridgehead atoms. The zero-order valence-electron chi connectivity index (χ0n) is 18.0. The van der Waals surface area contributed by atoms with Crippen LogP contribution < -0.4 is 15.3 Å². The summed E-state index contributed by atoms with van der Waals surface area (Å²) >= 11 is 0. The topological polar surface area (TPSA) is 90.3 Å². The van der Waals surface area contributed by atoms with Gasteiger partial charge in [0.1, 0.15) is 11.7 Å². The molecule has 0 atom stereocenters. The molecule has 8 heteroatoms. The van der Waals surface area contributed by atoms with Crippen molar-refractivity contribution >= 4 is 23.2 Å². The van der Waals surface area contributed by atoms with Gasteiger partial charge in [0.25, 0.3) is 5.91 Å². The minimum absolute atomic E-state index is 0.386. The van der Waals surface area contributed by atoms with Crippen molar-refractivity contribution in [3.05, 3.63) is 66.0 Å². The Kier molecular flexibility index (Phi) is 7.75. The largest absolute Gasteiger partial charge is 0.378 e. The molecule has 8 nitrogen and oxygen atoms in total. The molecule has 1 aliphatic rings. The molecule has 0 saturated carbocycles. The number of nitrogens with one attached hydrogen (secondary N) is 1. The summed E-state index contributed by atoms with van der Waals surface area (Å²) in [5.74, 6) is 1.11. The molecule has 2 aromatic rings. The lowest BCUT2D eigenvalue weighted by Crippen LogP contribution is -2.36. The number of ether oxygens (including phenoxy) is 1. The summed E-state index contributed by atoms with van der Waals surface area (Å²) in [6, 6.07) is 11.1. The zero-order valence-corrected chi connectivity index (χ0v) is 18.0. The Labute approximate surface area is 182 Å². The predicted molar refractivity (Wildman–Crippen MR) is 122 cm³/mol. The lowest BCUT2D eigenvalue weighted by atomic mass is 10.1. The fourth-order valence-corrected chi connectivity index (χ4v) is 3.41. The van der Waals surface area contributed by atoms with Crippen LogP contribution in [0, 0.1) is 0 Å². The van der Waals surface area contributed by atoms with Crippen LogP contribution in [-0.4, -0.2) is 48.2 Å². The maximum atomic E-state index is 11.6. The molecule has 1 amide bonds. The molecule has 0 spiro atoms. The number of hydroxylamine groups is 1. The van der Waals surface area contributed by atoms with E-state index in [1.54, 1.807) is 17.6 Å². The number of amidine groups is 1. The fraction of sp³-hybridized carbons (Fsp3) is 0.348. The SMILES string of the molecule is C=C(C)N=C(CC)N(Cc1ccc(C(=O)NO)cc1)c1ccc(N2CCOCC2)cn1. The molecule has 2 heterocycles. The molecule has 0 aliphatic carbocycles. The Morgan fingerprint density at radius 1 is 1.26 bits per heavy atom. The van der Waals surface area contributed by atoms with Crippen molar-refractivity contribution in [3.8, 4) is 0 Å². The van der Waals surface area contributed by atoms with Crippen LogP contribution in [0.25, 0.3) is 0 Å². The molecule has 1 aromatic carbocycles. The van der Waals surface area contributed by atoms with Gasteiger partial charge in [0.2, 0.25) is 0 Å². The smallest absolute Gasteiger partial charge is 0.274 e. The number of benzene rings is 1. The highest BCUT2D eigenvalue weighted by atomic mass is 16.5. The van der Waals surface area contributed by atoms with E-state index in [-0.39, 0.29) is 0 Å². The molecule has 3 rings (SSSR count). The number of allylic oxidation sites excluding steroid dienone is 1. The van der Waals surface area contributed by atoms with E-state index in [4.69, 9.17) is 14.9 Å². The summed E-state index contributed by atoms with van der Waals surface area (Å²) in [7, 11) is 0. The van der Waals surface area contributed by atoms with Gasteiger partial charge in [-0.05, 0) is 36.8 Å². The highest BCUT2D eigenvalue weighted by Gasteiger charge is 2.17. The van der Waals surface area contributed by atoms with Crippen LogP contribution in [0.1, 0.15) is 36.2 Å². The standard InChI is InChI=1S/C23H29N5O3/c1-4-21(25-17(2)3)28(16-18-5-7-19(8-6-18)23(29)26-30)22-10-9-20(15-24-22)27-11-13-31-14-12-27/h5-10,15,30H,2,4,11-14,16H2,1,3H3,(H,26,29). The highest BCUT2D eigenvalue weighted by Crippen LogP contribution is 2.22. The number of rotatable bonds is 7. The maximum absolute atomic E-state index is 11.6. The Bertz CT molecular complexity index is 919. The van der Waals surface area contributed by atoms with Gasteiger partial charge in [-0.15, -0.1) is 0 Å². The number of morpholine rings is 1. The first-order chi connectivity index (χ1) is 15.0. The monoisotopic (exact) mass is 423 g/mol. The second-order valence-electron chi connectivity index (χ2n) is 7.31. The van der Waals surface area contributed by atoms with Crippen molar-refractivity contribution in [3.63, 3.8) is 0 Å². The molecule has 0 radical (unpaired) electrons. The van der Waals surface area contributed by atoms with Crippen LogP contribution in [0.5, 0.6) is 0 Å². The quantitative estimate of drug-likeness (QED) is 0.307. The van der Waals surface area contributed by atoms with Gasteiger partial charge in [-0.25, -0.2) is 15.5 Å². The van der Waals surface area contributed by atoms with E-state index in [2.05, 4.69) is 27.4 Å². The summed E-state index contributed by atoms with van der Waals surface area (Å²) in [5, 5.41) is 8.81. The van der Waals surface area contributed by atoms with Gasteiger partial charge in [-0.2, -0.15) is 0 Å². The summed E-state index contributed by atoms with van der Waals surface area (Å²) < 4.78 is 5.43. The van der Waals surface area contributed by atoms with Gasteiger partial charge in [0.15, 0.2) is 0 Å². The number of amides is 1. The van der Waals surface area contributed by atoms with E-state index in [0.29, 0.717) is 18.5 Å².